The third-order valence-electron chi connectivity index (χ3n) is 5.36. The first kappa shape index (κ1) is 19.7. The smallest absolute Gasteiger partial charge is 0.289 e. The topological polar surface area (TPSA) is 109 Å². The van der Waals surface area contributed by atoms with Crippen LogP contribution in [0.15, 0.2) is 51.9 Å². The predicted octanol–water partition coefficient (Wildman–Crippen LogP) is 2.00. The minimum absolute atomic E-state index is 0.162. The van der Waals surface area contributed by atoms with Crippen LogP contribution in [-0.2, 0) is 11.3 Å². The quantitative estimate of drug-likeness (QED) is 0.624. The molecule has 3 aromatic rings. The number of benzene rings is 1. The van der Waals surface area contributed by atoms with Gasteiger partial charge in [-0.2, -0.15) is 0 Å². The molecule has 156 valence electrons. The van der Waals surface area contributed by atoms with Crippen LogP contribution in [0, 0.1) is 5.92 Å². The number of piperidine rings is 1. The van der Waals surface area contributed by atoms with Crippen LogP contribution in [0.3, 0.4) is 0 Å². The van der Waals surface area contributed by atoms with Gasteiger partial charge in [0.05, 0.1) is 17.2 Å². The average molecular weight is 409 g/mol. The van der Waals surface area contributed by atoms with Gasteiger partial charge in [0, 0.05) is 25.6 Å². The van der Waals surface area contributed by atoms with Crippen molar-refractivity contribution in [2.75, 3.05) is 18.5 Å². The Morgan fingerprint density at radius 2 is 1.93 bits per heavy atom. The molecule has 30 heavy (non-hydrogen) atoms. The van der Waals surface area contributed by atoms with Crippen molar-refractivity contribution in [3.05, 3.63) is 58.8 Å². The molecule has 1 fully saturated rings. The van der Waals surface area contributed by atoms with E-state index in [4.69, 9.17) is 4.42 Å². The number of anilines is 1. The van der Waals surface area contributed by atoms with Crippen LogP contribution in [0.5, 0.6) is 0 Å². The number of likely N-dealkylation sites (tertiary alicyclic amines) is 1. The van der Waals surface area contributed by atoms with Gasteiger partial charge in [0.25, 0.3) is 11.5 Å². The Morgan fingerprint density at radius 1 is 1.17 bits per heavy atom. The van der Waals surface area contributed by atoms with Gasteiger partial charge in [0.2, 0.25) is 11.9 Å². The fourth-order valence-corrected chi connectivity index (χ4v) is 3.68. The minimum atomic E-state index is -0.236. The van der Waals surface area contributed by atoms with Crippen molar-refractivity contribution in [1.29, 1.82) is 0 Å². The molecule has 1 aromatic carbocycles. The van der Waals surface area contributed by atoms with Gasteiger partial charge in [-0.15, -0.1) is 0 Å². The monoisotopic (exact) mass is 409 g/mol. The van der Waals surface area contributed by atoms with Gasteiger partial charge in [-0.05, 0) is 44.0 Å². The highest BCUT2D eigenvalue weighted by molar-refractivity contribution is 5.91. The summed E-state index contributed by atoms with van der Waals surface area (Å²) in [5.74, 6) is 0.00865. The summed E-state index contributed by atoms with van der Waals surface area (Å²) in [5.41, 5.74) is 5.88. The number of fused-ring (bicyclic) bond motifs is 1. The maximum Gasteiger partial charge on any atom is 0.289 e. The maximum atomic E-state index is 12.6. The molecule has 0 atom stereocenters. The van der Waals surface area contributed by atoms with Crippen LogP contribution in [0.25, 0.3) is 10.9 Å². The van der Waals surface area contributed by atoms with E-state index in [2.05, 4.69) is 15.8 Å². The molecule has 1 saturated heterocycles. The molecule has 9 heteroatoms. The van der Waals surface area contributed by atoms with E-state index < -0.39 is 0 Å². The van der Waals surface area contributed by atoms with Gasteiger partial charge >= 0.3 is 0 Å². The lowest BCUT2D eigenvalue weighted by atomic mass is 9.96. The van der Waals surface area contributed by atoms with Crippen molar-refractivity contribution in [2.24, 2.45) is 5.92 Å². The molecule has 1 aliphatic rings. The highest BCUT2D eigenvalue weighted by Gasteiger charge is 2.29. The molecule has 1 aliphatic heterocycles. The molecule has 0 bridgehead atoms. The molecule has 2 N–H and O–H groups in total. The van der Waals surface area contributed by atoms with E-state index in [9.17, 15) is 14.4 Å². The van der Waals surface area contributed by atoms with Crippen LogP contribution >= 0.6 is 0 Å². The number of furan rings is 1. The standard InChI is InChI=1S/C21H23N5O4/c1-2-26-19(28)15-6-3-4-7-16(15)22-21(26)24-23-18(27)14-9-11-25(12-10-14)20(29)17-8-5-13-30-17/h3-8,13-14H,2,9-12H2,1H3,(H,22,24)(H,23,27). The zero-order valence-corrected chi connectivity index (χ0v) is 16.6. The number of nitrogens with one attached hydrogen (secondary N) is 2. The number of para-hydroxylation sites is 1. The first-order valence-electron chi connectivity index (χ1n) is 9.96. The molecular formula is C21H23N5O4. The Labute approximate surface area is 172 Å². The van der Waals surface area contributed by atoms with Crippen molar-refractivity contribution in [3.8, 4) is 0 Å². The molecule has 0 unspecified atom stereocenters. The minimum Gasteiger partial charge on any atom is -0.459 e. The lowest BCUT2D eigenvalue weighted by molar-refractivity contribution is -0.125. The molecule has 2 amide bonds. The number of rotatable bonds is 5. The zero-order chi connectivity index (χ0) is 21.1. The molecule has 2 aromatic heterocycles. The van der Waals surface area contributed by atoms with Gasteiger partial charge in [-0.25, -0.2) is 4.98 Å². The van der Waals surface area contributed by atoms with Crippen molar-refractivity contribution in [3.63, 3.8) is 0 Å². The average Bonchev–Trinajstić information content (AvgIpc) is 3.32. The van der Waals surface area contributed by atoms with E-state index in [1.54, 1.807) is 35.2 Å². The first-order chi connectivity index (χ1) is 14.6. The summed E-state index contributed by atoms with van der Waals surface area (Å²) in [7, 11) is 0. The van der Waals surface area contributed by atoms with Crippen molar-refractivity contribution in [2.45, 2.75) is 26.3 Å². The Balaban J connectivity index is 1.39. The SMILES string of the molecule is CCn1c(NNC(=O)C2CCN(C(=O)c3ccco3)CC2)nc2ccccc2c1=O. The van der Waals surface area contributed by atoms with E-state index in [0.717, 1.165) is 0 Å². The fourth-order valence-electron chi connectivity index (χ4n) is 3.68. The molecule has 9 nitrogen and oxygen atoms in total. The largest absolute Gasteiger partial charge is 0.459 e. The summed E-state index contributed by atoms with van der Waals surface area (Å²) in [6, 6.07) is 10.4. The second-order valence-corrected chi connectivity index (χ2v) is 7.16. The van der Waals surface area contributed by atoms with Crippen LogP contribution in [0.4, 0.5) is 5.95 Å². The lowest BCUT2D eigenvalue weighted by Gasteiger charge is -2.30. The number of amides is 2. The number of hydrogen-bond acceptors (Lipinski definition) is 6. The molecule has 0 radical (unpaired) electrons. The number of hydrazine groups is 1. The maximum absolute atomic E-state index is 12.6. The van der Waals surface area contributed by atoms with Crippen LogP contribution in [0.1, 0.15) is 30.3 Å². The van der Waals surface area contributed by atoms with Gasteiger partial charge in [0.15, 0.2) is 5.76 Å². The molecule has 3 heterocycles. The lowest BCUT2D eigenvalue weighted by Crippen LogP contribution is -2.44. The number of aromatic nitrogens is 2. The van der Waals surface area contributed by atoms with Gasteiger partial charge in [0.1, 0.15) is 0 Å². The molecule has 0 aliphatic carbocycles. The second-order valence-electron chi connectivity index (χ2n) is 7.16. The first-order valence-corrected chi connectivity index (χ1v) is 9.96. The molecule has 4 rings (SSSR count). The van der Waals surface area contributed by atoms with Gasteiger partial charge in [-0.1, -0.05) is 12.1 Å². The Hall–Kier alpha value is -3.62. The van der Waals surface area contributed by atoms with E-state index in [1.807, 2.05) is 13.0 Å². The van der Waals surface area contributed by atoms with Crippen LogP contribution < -0.4 is 16.4 Å². The van der Waals surface area contributed by atoms with Crippen molar-refractivity contribution < 1.29 is 14.0 Å². The van der Waals surface area contributed by atoms with Crippen LogP contribution in [0.2, 0.25) is 0 Å². The van der Waals surface area contributed by atoms with Crippen molar-refractivity contribution in [1.82, 2.24) is 19.9 Å². The highest BCUT2D eigenvalue weighted by atomic mass is 16.3. The van der Waals surface area contributed by atoms with Gasteiger partial charge in [-0.3, -0.25) is 29.8 Å². The molecule has 0 saturated carbocycles. The van der Waals surface area contributed by atoms with Crippen molar-refractivity contribution >= 4 is 28.7 Å². The fraction of sp³-hybridized carbons (Fsp3) is 0.333. The second kappa shape index (κ2) is 8.40. The Bertz CT molecular complexity index is 1110. The van der Waals surface area contributed by atoms with Gasteiger partial charge < -0.3 is 9.32 Å². The normalized spacial score (nSPS) is 14.6. The third-order valence-corrected chi connectivity index (χ3v) is 5.36. The molecule has 0 spiro atoms. The summed E-state index contributed by atoms with van der Waals surface area (Å²) in [5, 5.41) is 0.532. The number of hydrogen-bond donors (Lipinski definition) is 2. The van der Waals surface area contributed by atoms with E-state index >= 15 is 0 Å². The summed E-state index contributed by atoms with van der Waals surface area (Å²) >= 11 is 0. The van der Waals surface area contributed by atoms with E-state index in [0.29, 0.717) is 55.1 Å². The summed E-state index contributed by atoms with van der Waals surface area (Å²) in [6.07, 6.45) is 2.56. The number of carbonyl (C=O) groups excluding carboxylic acids is 2. The number of nitrogens with zero attached hydrogens (tertiary/aromatic N) is 3. The summed E-state index contributed by atoms with van der Waals surface area (Å²) in [6.45, 7) is 3.22. The van der Waals surface area contributed by atoms with E-state index in [-0.39, 0.29) is 23.3 Å². The summed E-state index contributed by atoms with van der Waals surface area (Å²) in [4.78, 5) is 43.8. The zero-order valence-electron chi connectivity index (χ0n) is 16.6. The van der Waals surface area contributed by atoms with E-state index in [1.165, 1.54) is 10.8 Å². The van der Waals surface area contributed by atoms with Crippen LogP contribution in [-0.4, -0.2) is 39.4 Å². The third kappa shape index (κ3) is 3.78. The molecular weight excluding hydrogens is 386 g/mol. The Morgan fingerprint density at radius 3 is 2.63 bits per heavy atom. The predicted molar refractivity (Wildman–Crippen MR) is 111 cm³/mol. The highest BCUT2D eigenvalue weighted by Crippen LogP contribution is 2.19. The summed E-state index contributed by atoms with van der Waals surface area (Å²) < 4.78 is 6.64. The Kier molecular flexibility index (Phi) is 5.51. The number of carbonyl (C=O) groups is 2.